The standard InChI is InChI=1S/C19H19Cl2FN2O2/c20-14-3-1-4-15(13-14)23-8-10-24(11-9-23)19(25)26-12-7-16-17(21)5-2-6-18(16)22/h1-6,13H,7-12H2. The molecule has 0 unspecified atom stereocenters. The average Bonchev–Trinajstić information content (AvgIpc) is 2.64. The minimum absolute atomic E-state index is 0.0913. The van der Waals surface area contributed by atoms with Gasteiger partial charge in [0.05, 0.1) is 6.61 Å². The summed E-state index contributed by atoms with van der Waals surface area (Å²) in [5, 5.41) is 1.03. The molecule has 138 valence electrons. The van der Waals surface area contributed by atoms with Crippen molar-refractivity contribution in [3.63, 3.8) is 0 Å². The van der Waals surface area contributed by atoms with Crippen LogP contribution >= 0.6 is 23.2 Å². The van der Waals surface area contributed by atoms with E-state index < -0.39 is 0 Å². The van der Waals surface area contributed by atoms with E-state index in [9.17, 15) is 9.18 Å². The van der Waals surface area contributed by atoms with Crippen LogP contribution in [0, 0.1) is 5.82 Å². The number of hydrogen-bond donors (Lipinski definition) is 0. The van der Waals surface area contributed by atoms with Gasteiger partial charge in [0.1, 0.15) is 5.82 Å². The first-order chi connectivity index (χ1) is 12.5. The zero-order valence-corrected chi connectivity index (χ0v) is 15.6. The number of nitrogens with zero attached hydrogens (tertiary/aromatic N) is 2. The lowest BCUT2D eigenvalue weighted by atomic mass is 10.1. The van der Waals surface area contributed by atoms with Gasteiger partial charge >= 0.3 is 6.09 Å². The van der Waals surface area contributed by atoms with E-state index in [1.807, 2.05) is 24.3 Å². The third kappa shape index (κ3) is 4.59. The maximum absolute atomic E-state index is 13.7. The van der Waals surface area contributed by atoms with E-state index in [0.717, 1.165) is 5.69 Å². The molecule has 1 aliphatic rings. The monoisotopic (exact) mass is 396 g/mol. The van der Waals surface area contributed by atoms with Crippen molar-refractivity contribution >= 4 is 35.0 Å². The topological polar surface area (TPSA) is 32.8 Å². The van der Waals surface area contributed by atoms with Gasteiger partial charge in [-0.3, -0.25) is 0 Å². The Morgan fingerprint density at radius 3 is 2.50 bits per heavy atom. The molecule has 1 aliphatic heterocycles. The Morgan fingerprint density at radius 1 is 1.08 bits per heavy atom. The molecule has 0 aromatic heterocycles. The summed E-state index contributed by atoms with van der Waals surface area (Å²) in [5.41, 5.74) is 1.41. The number of benzene rings is 2. The second-order valence-electron chi connectivity index (χ2n) is 6.02. The van der Waals surface area contributed by atoms with Crippen LogP contribution in [0.25, 0.3) is 0 Å². The molecule has 2 aromatic carbocycles. The molecule has 0 spiro atoms. The maximum Gasteiger partial charge on any atom is 0.409 e. The number of rotatable bonds is 4. The van der Waals surface area contributed by atoms with E-state index in [0.29, 0.717) is 41.8 Å². The fourth-order valence-electron chi connectivity index (χ4n) is 2.92. The van der Waals surface area contributed by atoms with Crippen molar-refractivity contribution in [3.05, 3.63) is 63.9 Å². The number of amides is 1. The third-order valence-electron chi connectivity index (χ3n) is 4.35. The van der Waals surface area contributed by atoms with Gasteiger partial charge in [-0.05, 0) is 30.3 Å². The highest BCUT2D eigenvalue weighted by Gasteiger charge is 2.22. The fraction of sp³-hybridized carbons (Fsp3) is 0.316. The predicted molar refractivity (Wildman–Crippen MR) is 102 cm³/mol. The minimum Gasteiger partial charge on any atom is -0.449 e. The number of carbonyl (C=O) groups excluding carboxylic acids is 1. The van der Waals surface area contributed by atoms with E-state index in [1.54, 1.807) is 17.0 Å². The van der Waals surface area contributed by atoms with Gasteiger partial charge in [-0.2, -0.15) is 0 Å². The molecule has 0 aliphatic carbocycles. The second-order valence-corrected chi connectivity index (χ2v) is 6.86. The van der Waals surface area contributed by atoms with Gasteiger partial charge in [-0.1, -0.05) is 35.3 Å². The van der Waals surface area contributed by atoms with Gasteiger partial charge in [0.2, 0.25) is 0 Å². The van der Waals surface area contributed by atoms with E-state index in [1.165, 1.54) is 6.07 Å². The molecule has 3 rings (SSSR count). The number of halogens is 3. The van der Waals surface area contributed by atoms with Gasteiger partial charge in [-0.25, -0.2) is 9.18 Å². The second kappa shape index (κ2) is 8.60. The lowest BCUT2D eigenvalue weighted by Crippen LogP contribution is -2.49. The van der Waals surface area contributed by atoms with Crippen molar-refractivity contribution in [3.8, 4) is 0 Å². The zero-order valence-electron chi connectivity index (χ0n) is 14.1. The maximum atomic E-state index is 13.7. The Kier molecular flexibility index (Phi) is 6.22. The number of piperazine rings is 1. The largest absolute Gasteiger partial charge is 0.449 e. The van der Waals surface area contributed by atoms with Gasteiger partial charge < -0.3 is 14.5 Å². The van der Waals surface area contributed by atoms with Crippen LogP contribution < -0.4 is 4.90 Å². The van der Waals surface area contributed by atoms with Crippen LogP contribution in [-0.2, 0) is 11.2 Å². The lowest BCUT2D eigenvalue weighted by molar-refractivity contribution is 0.101. The van der Waals surface area contributed by atoms with E-state index >= 15 is 0 Å². The zero-order chi connectivity index (χ0) is 18.5. The Bertz CT molecular complexity index is 760. The Hall–Kier alpha value is -1.98. The highest BCUT2D eigenvalue weighted by Crippen LogP contribution is 2.21. The van der Waals surface area contributed by atoms with Gasteiger partial charge in [0.15, 0.2) is 0 Å². The summed E-state index contributed by atoms with van der Waals surface area (Å²) in [6.45, 7) is 2.62. The van der Waals surface area contributed by atoms with E-state index in [4.69, 9.17) is 27.9 Å². The van der Waals surface area contributed by atoms with Crippen LogP contribution in [0.15, 0.2) is 42.5 Å². The Labute approximate surface area is 162 Å². The summed E-state index contributed by atoms with van der Waals surface area (Å²) >= 11 is 12.0. The lowest BCUT2D eigenvalue weighted by Gasteiger charge is -2.35. The summed E-state index contributed by atoms with van der Waals surface area (Å²) in [4.78, 5) is 16.0. The summed E-state index contributed by atoms with van der Waals surface area (Å²) in [6, 6.07) is 12.2. The summed E-state index contributed by atoms with van der Waals surface area (Å²) in [5.74, 6) is -0.385. The van der Waals surface area contributed by atoms with Crippen molar-refractivity contribution in [1.29, 1.82) is 0 Å². The molecule has 1 heterocycles. The van der Waals surface area contributed by atoms with Gasteiger partial charge in [0.25, 0.3) is 0 Å². The first-order valence-electron chi connectivity index (χ1n) is 8.39. The molecule has 0 radical (unpaired) electrons. The third-order valence-corrected chi connectivity index (χ3v) is 4.94. The number of ether oxygens (including phenoxy) is 1. The van der Waals surface area contributed by atoms with Crippen LogP contribution in [0.2, 0.25) is 10.0 Å². The highest BCUT2D eigenvalue weighted by molar-refractivity contribution is 6.31. The Balaban J connectivity index is 1.47. The number of carbonyl (C=O) groups is 1. The molecule has 0 saturated carbocycles. The summed E-state index contributed by atoms with van der Waals surface area (Å²) in [6.07, 6.45) is -0.136. The molecule has 0 bridgehead atoms. The SMILES string of the molecule is O=C(OCCc1c(F)cccc1Cl)N1CCN(c2cccc(Cl)c2)CC1. The van der Waals surface area contributed by atoms with Gasteiger partial charge in [0, 0.05) is 53.9 Å². The van der Waals surface area contributed by atoms with Crippen LogP contribution in [0.3, 0.4) is 0 Å². The fourth-order valence-corrected chi connectivity index (χ4v) is 3.36. The van der Waals surface area contributed by atoms with E-state index in [2.05, 4.69) is 4.90 Å². The van der Waals surface area contributed by atoms with Crippen LogP contribution in [0.5, 0.6) is 0 Å². The van der Waals surface area contributed by atoms with Crippen molar-refractivity contribution in [2.75, 3.05) is 37.7 Å². The van der Waals surface area contributed by atoms with Crippen molar-refractivity contribution in [1.82, 2.24) is 4.90 Å². The van der Waals surface area contributed by atoms with Crippen molar-refractivity contribution < 1.29 is 13.9 Å². The molecule has 2 aromatic rings. The minimum atomic E-state index is -0.386. The number of hydrogen-bond acceptors (Lipinski definition) is 3. The molecular formula is C19H19Cl2FN2O2. The summed E-state index contributed by atoms with van der Waals surface area (Å²) in [7, 11) is 0. The average molecular weight is 397 g/mol. The molecule has 0 N–H and O–H groups in total. The Morgan fingerprint density at radius 2 is 1.81 bits per heavy atom. The normalized spacial score (nSPS) is 14.4. The molecule has 1 amide bonds. The quantitative estimate of drug-likeness (QED) is 0.754. The molecular weight excluding hydrogens is 378 g/mol. The van der Waals surface area contributed by atoms with Crippen LogP contribution in [0.4, 0.5) is 14.9 Å². The molecule has 7 heteroatoms. The molecule has 1 fully saturated rings. The molecule has 26 heavy (non-hydrogen) atoms. The molecule has 4 nitrogen and oxygen atoms in total. The van der Waals surface area contributed by atoms with Crippen LogP contribution in [0.1, 0.15) is 5.56 Å². The van der Waals surface area contributed by atoms with E-state index in [-0.39, 0.29) is 24.9 Å². The molecule has 0 atom stereocenters. The van der Waals surface area contributed by atoms with Crippen LogP contribution in [-0.4, -0.2) is 43.8 Å². The summed E-state index contributed by atoms with van der Waals surface area (Å²) < 4.78 is 19.0. The van der Waals surface area contributed by atoms with Gasteiger partial charge in [-0.15, -0.1) is 0 Å². The first-order valence-corrected chi connectivity index (χ1v) is 9.15. The molecule has 1 saturated heterocycles. The number of anilines is 1. The van der Waals surface area contributed by atoms with Crippen molar-refractivity contribution in [2.24, 2.45) is 0 Å². The smallest absolute Gasteiger partial charge is 0.409 e. The first kappa shape index (κ1) is 18.8. The predicted octanol–water partition coefficient (Wildman–Crippen LogP) is 4.63. The highest BCUT2D eigenvalue weighted by atomic mass is 35.5. The van der Waals surface area contributed by atoms with Crippen molar-refractivity contribution in [2.45, 2.75) is 6.42 Å².